The molecular formula is C23H17F3N4O. The molecule has 0 atom stereocenters. The first-order valence-electron chi connectivity index (χ1n) is 9.35. The molecule has 4 aromatic rings. The predicted octanol–water partition coefficient (Wildman–Crippen LogP) is 5.25. The van der Waals surface area contributed by atoms with Crippen LogP contribution in [0, 0.1) is 17.5 Å². The van der Waals surface area contributed by atoms with Gasteiger partial charge in [-0.2, -0.15) is 5.10 Å². The molecule has 0 radical (unpaired) electrons. The third-order valence-electron chi connectivity index (χ3n) is 4.74. The van der Waals surface area contributed by atoms with E-state index in [-0.39, 0.29) is 5.69 Å². The zero-order valence-corrected chi connectivity index (χ0v) is 16.7. The van der Waals surface area contributed by atoms with Gasteiger partial charge in [-0.1, -0.05) is 0 Å². The first kappa shape index (κ1) is 20.3. The van der Waals surface area contributed by atoms with Crippen LogP contribution in [0.1, 0.15) is 6.92 Å². The number of aryl methyl sites for hydroxylation is 1. The van der Waals surface area contributed by atoms with Crippen LogP contribution in [0.15, 0.2) is 67.0 Å². The number of anilines is 2. The molecule has 0 bridgehead atoms. The van der Waals surface area contributed by atoms with Gasteiger partial charge < -0.3 is 0 Å². The molecule has 1 amide bonds. The molecule has 2 aromatic carbocycles. The van der Waals surface area contributed by atoms with E-state index in [4.69, 9.17) is 0 Å². The lowest BCUT2D eigenvalue weighted by Gasteiger charge is -2.23. The van der Waals surface area contributed by atoms with Gasteiger partial charge in [0.05, 0.1) is 11.3 Å². The Morgan fingerprint density at radius 3 is 2.06 bits per heavy atom. The van der Waals surface area contributed by atoms with Crippen molar-refractivity contribution in [1.29, 1.82) is 0 Å². The van der Waals surface area contributed by atoms with Gasteiger partial charge in [-0.3, -0.25) is 19.4 Å². The van der Waals surface area contributed by atoms with Crippen LogP contribution < -0.4 is 4.90 Å². The lowest BCUT2D eigenvalue weighted by molar-refractivity contribution is -0.115. The van der Waals surface area contributed by atoms with E-state index in [0.717, 1.165) is 18.2 Å². The average molecular weight is 422 g/mol. The summed E-state index contributed by atoms with van der Waals surface area (Å²) >= 11 is 0. The zero-order chi connectivity index (χ0) is 22.1. The highest BCUT2D eigenvalue weighted by molar-refractivity contribution is 6.04. The first-order valence-corrected chi connectivity index (χ1v) is 9.35. The van der Waals surface area contributed by atoms with E-state index in [1.165, 1.54) is 28.6 Å². The Balaban J connectivity index is 2.02. The number of hydrogen-bond acceptors (Lipinski definition) is 3. The maximum Gasteiger partial charge on any atom is 0.229 e. The molecule has 0 spiro atoms. The second kappa shape index (κ2) is 8.06. The Kier molecular flexibility index (Phi) is 5.29. The maximum absolute atomic E-state index is 14.0. The van der Waals surface area contributed by atoms with Crippen molar-refractivity contribution in [3.8, 4) is 22.4 Å². The molecule has 156 valence electrons. The smallest absolute Gasteiger partial charge is 0.229 e. The minimum Gasteiger partial charge on any atom is -0.274 e. The molecule has 2 aromatic heterocycles. The third kappa shape index (κ3) is 3.92. The molecule has 8 heteroatoms. The molecule has 2 heterocycles. The summed E-state index contributed by atoms with van der Waals surface area (Å²) < 4.78 is 42.9. The second-order valence-electron chi connectivity index (χ2n) is 6.90. The highest BCUT2D eigenvalue weighted by Gasteiger charge is 2.27. The summed E-state index contributed by atoms with van der Waals surface area (Å²) in [6.07, 6.45) is 3.17. The molecule has 0 saturated carbocycles. The molecule has 0 N–H and O–H groups in total. The second-order valence-corrected chi connectivity index (χ2v) is 6.90. The molecule has 5 nitrogen and oxygen atoms in total. The van der Waals surface area contributed by atoms with Crippen LogP contribution in [0.25, 0.3) is 22.4 Å². The van der Waals surface area contributed by atoms with Crippen molar-refractivity contribution in [2.45, 2.75) is 6.92 Å². The van der Waals surface area contributed by atoms with Crippen molar-refractivity contribution in [1.82, 2.24) is 14.8 Å². The van der Waals surface area contributed by atoms with Gasteiger partial charge in [0, 0.05) is 38.0 Å². The summed E-state index contributed by atoms with van der Waals surface area (Å²) in [5.74, 6) is -2.18. The van der Waals surface area contributed by atoms with Crippen molar-refractivity contribution in [2.75, 3.05) is 4.90 Å². The van der Waals surface area contributed by atoms with Crippen LogP contribution >= 0.6 is 0 Å². The van der Waals surface area contributed by atoms with Crippen molar-refractivity contribution >= 4 is 17.4 Å². The molecule has 4 rings (SSSR count). The molecule has 0 unspecified atom stereocenters. The van der Waals surface area contributed by atoms with Gasteiger partial charge in [-0.15, -0.1) is 0 Å². The molecule has 0 aliphatic carbocycles. The molecule has 0 aliphatic rings. The van der Waals surface area contributed by atoms with Crippen LogP contribution in [0.4, 0.5) is 24.7 Å². The van der Waals surface area contributed by atoms with E-state index in [1.54, 1.807) is 43.7 Å². The van der Waals surface area contributed by atoms with Gasteiger partial charge in [-0.25, -0.2) is 13.2 Å². The number of nitrogens with zero attached hydrogens (tertiary/aromatic N) is 4. The van der Waals surface area contributed by atoms with Gasteiger partial charge in [0.15, 0.2) is 0 Å². The Hall–Kier alpha value is -3.94. The summed E-state index contributed by atoms with van der Waals surface area (Å²) in [5.41, 5.74) is 2.33. The quantitative estimate of drug-likeness (QED) is 0.451. The van der Waals surface area contributed by atoms with Crippen LogP contribution in [-0.2, 0) is 11.8 Å². The number of amides is 1. The number of carbonyl (C=O) groups excluding carboxylic acids is 1. The minimum absolute atomic E-state index is 0.0222. The standard InChI is InChI=1S/C23H17F3N4O/c1-14(31)30(20-12-18(25)11-19(26)13-20)23-21(15-7-9-27-10-8-15)22(28-29(23)2)16-3-5-17(24)6-4-16/h3-13H,1-2H3. The van der Waals surface area contributed by atoms with Crippen LogP contribution in [-0.4, -0.2) is 20.7 Å². The molecule has 31 heavy (non-hydrogen) atoms. The van der Waals surface area contributed by atoms with Crippen molar-refractivity contribution < 1.29 is 18.0 Å². The van der Waals surface area contributed by atoms with Gasteiger partial charge in [-0.05, 0) is 54.1 Å². The Morgan fingerprint density at radius 2 is 1.48 bits per heavy atom. The zero-order valence-electron chi connectivity index (χ0n) is 16.7. The topological polar surface area (TPSA) is 51.0 Å². The minimum atomic E-state index is -0.812. The summed E-state index contributed by atoms with van der Waals surface area (Å²) in [7, 11) is 1.62. The Morgan fingerprint density at radius 1 is 0.871 bits per heavy atom. The van der Waals surface area contributed by atoms with Gasteiger partial charge >= 0.3 is 0 Å². The summed E-state index contributed by atoms with van der Waals surface area (Å²) in [4.78, 5) is 17.9. The van der Waals surface area contributed by atoms with Crippen molar-refractivity contribution in [2.24, 2.45) is 7.05 Å². The van der Waals surface area contributed by atoms with E-state index in [0.29, 0.717) is 28.2 Å². The fourth-order valence-electron chi connectivity index (χ4n) is 3.49. The first-order chi connectivity index (χ1) is 14.8. The van der Waals surface area contributed by atoms with E-state index in [2.05, 4.69) is 10.1 Å². The van der Waals surface area contributed by atoms with E-state index < -0.39 is 23.4 Å². The highest BCUT2D eigenvalue weighted by atomic mass is 19.1. The lowest BCUT2D eigenvalue weighted by atomic mass is 10.0. The summed E-state index contributed by atoms with van der Waals surface area (Å²) in [6, 6.07) is 12.1. The number of carbonyl (C=O) groups is 1. The number of hydrogen-bond donors (Lipinski definition) is 0. The predicted molar refractivity (Wildman–Crippen MR) is 111 cm³/mol. The van der Waals surface area contributed by atoms with E-state index in [9.17, 15) is 18.0 Å². The molecular weight excluding hydrogens is 405 g/mol. The lowest BCUT2D eigenvalue weighted by Crippen LogP contribution is -2.26. The normalized spacial score (nSPS) is 10.9. The van der Waals surface area contributed by atoms with Crippen LogP contribution in [0.2, 0.25) is 0 Å². The number of benzene rings is 2. The van der Waals surface area contributed by atoms with Crippen LogP contribution in [0.5, 0.6) is 0 Å². The number of pyridine rings is 1. The van der Waals surface area contributed by atoms with E-state index >= 15 is 0 Å². The Bertz CT molecular complexity index is 1230. The van der Waals surface area contributed by atoms with Crippen LogP contribution in [0.3, 0.4) is 0 Å². The highest BCUT2D eigenvalue weighted by Crippen LogP contribution is 2.41. The van der Waals surface area contributed by atoms with E-state index in [1.807, 2.05) is 0 Å². The summed E-state index contributed by atoms with van der Waals surface area (Å²) in [5, 5.41) is 4.55. The number of rotatable bonds is 4. The maximum atomic E-state index is 14.0. The molecule has 0 saturated heterocycles. The fraction of sp³-hybridized carbons (Fsp3) is 0.0870. The fourth-order valence-corrected chi connectivity index (χ4v) is 3.49. The van der Waals surface area contributed by atoms with Gasteiger partial charge in [0.25, 0.3) is 0 Å². The number of aromatic nitrogens is 3. The molecule has 0 fully saturated rings. The average Bonchev–Trinajstić information content (AvgIpc) is 3.05. The summed E-state index contributed by atoms with van der Waals surface area (Å²) in [6.45, 7) is 1.30. The van der Waals surface area contributed by atoms with Gasteiger partial charge in [0.2, 0.25) is 5.91 Å². The number of halogens is 3. The largest absolute Gasteiger partial charge is 0.274 e. The SMILES string of the molecule is CC(=O)N(c1cc(F)cc(F)c1)c1c(-c2ccncc2)c(-c2ccc(F)cc2)nn1C. The van der Waals surface area contributed by atoms with Crippen molar-refractivity contribution in [3.63, 3.8) is 0 Å². The third-order valence-corrected chi connectivity index (χ3v) is 4.74. The monoisotopic (exact) mass is 422 g/mol. The van der Waals surface area contributed by atoms with Gasteiger partial charge in [0.1, 0.15) is 29.0 Å². The van der Waals surface area contributed by atoms with Crippen molar-refractivity contribution in [3.05, 3.63) is 84.4 Å². The molecule has 0 aliphatic heterocycles. The Labute approximate surface area is 176 Å².